The molecule has 2 heterocycles. The van der Waals surface area contributed by atoms with Crippen LogP contribution in [0.1, 0.15) is 26.6 Å². The summed E-state index contributed by atoms with van der Waals surface area (Å²) in [6, 6.07) is 5.97. The Hall–Kier alpha value is -2.22. The number of ether oxygens (including phenoxy) is 2. The van der Waals surface area contributed by atoms with Crippen LogP contribution < -0.4 is 9.47 Å². The van der Waals surface area contributed by atoms with Crippen LogP contribution in [0.25, 0.3) is 11.0 Å². The van der Waals surface area contributed by atoms with Crippen molar-refractivity contribution in [2.45, 2.75) is 32.7 Å². The number of fused-ring (bicyclic) bond motifs is 2. The van der Waals surface area contributed by atoms with Crippen LogP contribution in [0.3, 0.4) is 0 Å². The van der Waals surface area contributed by atoms with Gasteiger partial charge >= 0.3 is 0 Å². The molecule has 5 heteroatoms. The van der Waals surface area contributed by atoms with Crippen LogP contribution in [0.5, 0.6) is 11.5 Å². The molecule has 0 unspecified atom stereocenters. The maximum atomic E-state index is 9.03. The van der Waals surface area contributed by atoms with E-state index in [1.165, 1.54) is 0 Å². The largest absolute Gasteiger partial charge is 0.454 e. The number of nitriles is 1. The van der Waals surface area contributed by atoms with E-state index in [0.29, 0.717) is 5.75 Å². The summed E-state index contributed by atoms with van der Waals surface area (Å²) in [7, 11) is 0. The molecule has 1 aliphatic rings. The number of benzene rings is 1. The Morgan fingerprint density at radius 2 is 2.00 bits per heavy atom. The number of aromatic nitrogens is 2. The summed E-state index contributed by atoms with van der Waals surface area (Å²) in [5.74, 6) is 2.33. The van der Waals surface area contributed by atoms with Crippen LogP contribution in [0.2, 0.25) is 0 Å². The molecule has 0 spiro atoms. The molecule has 3 rings (SSSR count). The van der Waals surface area contributed by atoms with Crippen molar-refractivity contribution < 1.29 is 9.47 Å². The summed E-state index contributed by atoms with van der Waals surface area (Å²) in [5.41, 5.74) is 1.63. The van der Waals surface area contributed by atoms with E-state index < -0.39 is 0 Å². The number of hydrogen-bond acceptors (Lipinski definition) is 4. The summed E-state index contributed by atoms with van der Waals surface area (Å²) < 4.78 is 12.7. The second-order valence-corrected chi connectivity index (χ2v) is 5.62. The molecule has 1 aliphatic heterocycles. The average Bonchev–Trinajstić information content (AvgIpc) is 2.90. The second kappa shape index (κ2) is 3.89. The normalized spacial score (nSPS) is 13.8. The zero-order valence-electron chi connectivity index (χ0n) is 11.2. The first-order valence-electron chi connectivity index (χ1n) is 6.18. The van der Waals surface area contributed by atoms with Gasteiger partial charge in [0.25, 0.3) is 0 Å². The fraction of sp³-hybridized carbons (Fsp3) is 0.429. The molecule has 0 saturated carbocycles. The maximum Gasteiger partial charge on any atom is 0.231 e. The highest BCUT2D eigenvalue weighted by atomic mass is 16.7. The van der Waals surface area contributed by atoms with E-state index >= 15 is 0 Å². The van der Waals surface area contributed by atoms with Gasteiger partial charge in [0, 0.05) is 17.5 Å². The summed E-state index contributed by atoms with van der Waals surface area (Å²) in [5, 5.41) is 9.03. The van der Waals surface area contributed by atoms with Crippen molar-refractivity contribution in [1.82, 2.24) is 9.55 Å². The molecule has 0 N–H and O–H groups in total. The van der Waals surface area contributed by atoms with Gasteiger partial charge in [-0.25, -0.2) is 4.98 Å². The predicted octanol–water partition coefficient (Wildman–Crippen LogP) is 2.59. The molecule has 1 aromatic heterocycles. The lowest BCUT2D eigenvalue weighted by molar-refractivity contribution is 0.174. The van der Waals surface area contributed by atoms with Crippen molar-refractivity contribution in [3.63, 3.8) is 0 Å². The first-order valence-corrected chi connectivity index (χ1v) is 6.18. The third-order valence-electron chi connectivity index (χ3n) is 3.14. The number of hydrogen-bond donors (Lipinski definition) is 0. The van der Waals surface area contributed by atoms with E-state index in [1.807, 2.05) is 16.7 Å². The van der Waals surface area contributed by atoms with E-state index in [2.05, 4.69) is 31.8 Å². The van der Waals surface area contributed by atoms with Gasteiger partial charge in [0.15, 0.2) is 11.5 Å². The lowest BCUT2D eigenvalue weighted by Gasteiger charge is -2.18. The van der Waals surface area contributed by atoms with Crippen molar-refractivity contribution in [3.8, 4) is 17.6 Å². The van der Waals surface area contributed by atoms with E-state index in [1.54, 1.807) is 0 Å². The first kappa shape index (κ1) is 11.8. The van der Waals surface area contributed by atoms with E-state index in [9.17, 15) is 0 Å². The van der Waals surface area contributed by atoms with Crippen LogP contribution in [0.4, 0.5) is 0 Å². The fourth-order valence-corrected chi connectivity index (χ4v) is 2.32. The van der Waals surface area contributed by atoms with E-state index in [-0.39, 0.29) is 18.8 Å². The Balaban J connectivity index is 2.29. The maximum absolute atomic E-state index is 9.03. The molecule has 0 fully saturated rings. The average molecular weight is 257 g/mol. The molecule has 98 valence electrons. The minimum atomic E-state index is -0.123. The number of rotatable bonds is 1. The zero-order valence-corrected chi connectivity index (χ0v) is 11.2. The zero-order chi connectivity index (χ0) is 13.6. The van der Waals surface area contributed by atoms with E-state index in [4.69, 9.17) is 14.7 Å². The molecular weight excluding hydrogens is 242 g/mol. The highest BCUT2D eigenvalue weighted by Gasteiger charge is 2.25. The molecule has 1 aromatic carbocycles. The van der Waals surface area contributed by atoms with Gasteiger partial charge in [-0.2, -0.15) is 5.26 Å². The molecule has 5 nitrogen and oxygen atoms in total. The van der Waals surface area contributed by atoms with Crippen LogP contribution >= 0.6 is 0 Å². The van der Waals surface area contributed by atoms with E-state index in [0.717, 1.165) is 22.6 Å². The fourth-order valence-electron chi connectivity index (χ4n) is 2.32. The molecular formula is C14H15N3O2. The SMILES string of the molecule is CC(C)(C)c1nc2cc3c(cc2n1CC#N)OCO3. The van der Waals surface area contributed by atoms with Crippen molar-refractivity contribution >= 4 is 11.0 Å². The van der Waals surface area contributed by atoms with Crippen molar-refractivity contribution in [3.05, 3.63) is 18.0 Å². The lowest BCUT2D eigenvalue weighted by Crippen LogP contribution is -2.18. The molecule has 0 saturated heterocycles. The van der Waals surface area contributed by atoms with Gasteiger partial charge in [-0.05, 0) is 0 Å². The molecule has 0 atom stereocenters. The van der Waals surface area contributed by atoms with Crippen LogP contribution in [0.15, 0.2) is 12.1 Å². The smallest absolute Gasteiger partial charge is 0.231 e. The van der Waals surface area contributed by atoms with Crippen molar-refractivity contribution in [2.24, 2.45) is 0 Å². The van der Waals surface area contributed by atoms with Gasteiger partial charge in [-0.1, -0.05) is 20.8 Å². The van der Waals surface area contributed by atoms with Crippen molar-refractivity contribution in [2.75, 3.05) is 6.79 Å². The molecule has 0 aliphatic carbocycles. The highest BCUT2D eigenvalue weighted by Crippen LogP contribution is 2.37. The second-order valence-electron chi connectivity index (χ2n) is 5.62. The minimum Gasteiger partial charge on any atom is -0.454 e. The Kier molecular flexibility index (Phi) is 2.42. The van der Waals surface area contributed by atoms with Gasteiger partial charge in [0.05, 0.1) is 17.1 Å². The third kappa shape index (κ3) is 1.80. The van der Waals surface area contributed by atoms with Gasteiger partial charge in [-0.3, -0.25) is 0 Å². The third-order valence-corrected chi connectivity index (χ3v) is 3.14. The number of imidazole rings is 1. The molecule has 0 bridgehead atoms. The minimum absolute atomic E-state index is 0.123. The molecule has 2 aromatic rings. The number of nitrogens with zero attached hydrogens (tertiary/aromatic N) is 3. The summed E-state index contributed by atoms with van der Waals surface area (Å²) in [6.07, 6.45) is 0. The van der Waals surface area contributed by atoms with Crippen LogP contribution in [0, 0.1) is 11.3 Å². The predicted molar refractivity (Wildman–Crippen MR) is 70.2 cm³/mol. The highest BCUT2D eigenvalue weighted by molar-refractivity contribution is 5.81. The Bertz CT molecular complexity index is 689. The Labute approximate surface area is 111 Å². The quantitative estimate of drug-likeness (QED) is 0.787. The topological polar surface area (TPSA) is 60.1 Å². The monoisotopic (exact) mass is 257 g/mol. The first-order chi connectivity index (χ1) is 9.00. The van der Waals surface area contributed by atoms with Gasteiger partial charge in [0.2, 0.25) is 6.79 Å². The summed E-state index contributed by atoms with van der Waals surface area (Å²) in [6.45, 7) is 6.78. The van der Waals surface area contributed by atoms with Gasteiger partial charge < -0.3 is 14.0 Å². The van der Waals surface area contributed by atoms with Gasteiger partial charge in [-0.15, -0.1) is 0 Å². The van der Waals surface area contributed by atoms with Crippen LogP contribution in [-0.2, 0) is 12.0 Å². The Morgan fingerprint density at radius 1 is 1.32 bits per heavy atom. The summed E-state index contributed by atoms with van der Waals surface area (Å²) >= 11 is 0. The lowest BCUT2D eigenvalue weighted by atomic mass is 9.96. The standard InChI is InChI=1S/C14H15N3O2/c1-14(2,3)13-16-9-6-11-12(19-8-18-11)7-10(9)17(13)5-4-15/h6-7H,5,8H2,1-3H3. The summed E-state index contributed by atoms with van der Waals surface area (Å²) in [4.78, 5) is 4.66. The molecule has 0 amide bonds. The Morgan fingerprint density at radius 3 is 2.63 bits per heavy atom. The van der Waals surface area contributed by atoms with Gasteiger partial charge in [0.1, 0.15) is 12.4 Å². The molecule has 19 heavy (non-hydrogen) atoms. The van der Waals surface area contributed by atoms with Crippen LogP contribution in [-0.4, -0.2) is 16.3 Å². The molecule has 0 radical (unpaired) electrons. The van der Waals surface area contributed by atoms with Crippen molar-refractivity contribution in [1.29, 1.82) is 5.26 Å².